The van der Waals surface area contributed by atoms with Gasteiger partial charge in [0.25, 0.3) is 0 Å². The summed E-state index contributed by atoms with van der Waals surface area (Å²) >= 11 is 0. The van der Waals surface area contributed by atoms with Gasteiger partial charge in [-0.3, -0.25) is 28.8 Å². The minimum atomic E-state index is -1.15. The van der Waals surface area contributed by atoms with Gasteiger partial charge in [0.1, 0.15) is 35.7 Å². The molecule has 2 aliphatic heterocycles. The lowest BCUT2D eigenvalue weighted by Gasteiger charge is -2.39. The Balaban J connectivity index is 2.21. The molecule has 2 saturated heterocycles. The van der Waals surface area contributed by atoms with Crippen LogP contribution in [0.1, 0.15) is 156 Å². The fraction of sp³-hybridized carbons (Fsp3) is 0.833. The average Bonchev–Trinajstić information content (AvgIpc) is 3.05. The fourth-order valence-corrected chi connectivity index (χ4v) is 6.41. The Bertz CT molecular complexity index is 1000. The number of carbonyl (C=O) groups excluding carboxylic acids is 6. The van der Waals surface area contributed by atoms with Crippen molar-refractivity contribution in [3.8, 4) is 0 Å². The molecular weight excluding hydrogens is 584 g/mol. The second kappa shape index (κ2) is 21.9. The third-order valence-corrected chi connectivity index (χ3v) is 9.72. The summed E-state index contributed by atoms with van der Waals surface area (Å²) in [6.07, 6.45) is 15.0. The predicted octanol–water partition coefficient (Wildman–Crippen LogP) is 5.30. The maximum atomic E-state index is 13.9. The second-order valence-electron chi connectivity index (χ2n) is 13.5. The highest BCUT2D eigenvalue weighted by Crippen LogP contribution is 2.22. The van der Waals surface area contributed by atoms with E-state index in [9.17, 15) is 28.8 Å². The molecule has 262 valence electrons. The van der Waals surface area contributed by atoms with Gasteiger partial charge in [0, 0.05) is 32.2 Å². The van der Waals surface area contributed by atoms with Gasteiger partial charge in [-0.05, 0) is 44.4 Å². The maximum Gasteiger partial charge on any atom is 0.246 e. The van der Waals surface area contributed by atoms with Crippen LogP contribution in [0.2, 0.25) is 0 Å². The zero-order valence-corrected chi connectivity index (χ0v) is 29.1. The number of Topliss-reactive ketones (excluding diaryl/α,β-unsaturated/α-hetero) is 2. The Labute approximate surface area is 277 Å². The zero-order valence-electron chi connectivity index (χ0n) is 29.1. The maximum absolute atomic E-state index is 13.9. The summed E-state index contributed by atoms with van der Waals surface area (Å²) in [7, 11) is 0. The number of nitrogens with one attached hydrogen (secondary N) is 3. The first kappa shape index (κ1) is 39.4. The van der Waals surface area contributed by atoms with Crippen LogP contribution in [0.4, 0.5) is 0 Å². The molecule has 10 nitrogen and oxygen atoms in total. The van der Waals surface area contributed by atoms with E-state index in [1.165, 1.54) is 25.7 Å². The van der Waals surface area contributed by atoms with Gasteiger partial charge in [-0.25, -0.2) is 0 Å². The molecule has 0 radical (unpaired) electrons. The number of rotatable bonds is 20. The van der Waals surface area contributed by atoms with Crippen LogP contribution in [0.5, 0.6) is 0 Å². The average molecular weight is 647 g/mol. The molecule has 46 heavy (non-hydrogen) atoms. The van der Waals surface area contributed by atoms with Crippen LogP contribution in [-0.4, -0.2) is 70.8 Å². The van der Waals surface area contributed by atoms with E-state index in [4.69, 9.17) is 0 Å². The number of carbonyl (C=O) groups is 6. The van der Waals surface area contributed by atoms with Crippen molar-refractivity contribution in [3.63, 3.8) is 0 Å². The molecule has 0 bridgehead atoms. The largest absolute Gasteiger partial charge is 0.343 e. The first-order valence-corrected chi connectivity index (χ1v) is 18.4. The van der Waals surface area contributed by atoms with Crippen molar-refractivity contribution in [2.45, 2.75) is 180 Å². The van der Waals surface area contributed by atoms with Crippen LogP contribution in [0.15, 0.2) is 0 Å². The molecule has 0 saturated carbocycles. The van der Waals surface area contributed by atoms with Crippen molar-refractivity contribution < 1.29 is 28.8 Å². The molecule has 0 aromatic heterocycles. The van der Waals surface area contributed by atoms with Gasteiger partial charge in [0.15, 0.2) is 0 Å². The lowest BCUT2D eigenvalue weighted by Crippen LogP contribution is -2.64. The number of hydrogen-bond acceptors (Lipinski definition) is 6. The number of unbranched alkanes of at least 4 members (excludes halogenated alkanes) is 9. The molecule has 5 atom stereocenters. The molecule has 0 aromatic carbocycles. The van der Waals surface area contributed by atoms with Crippen LogP contribution in [0.3, 0.4) is 0 Å². The summed E-state index contributed by atoms with van der Waals surface area (Å²) < 4.78 is 0. The number of hydrogen-bond donors (Lipinski definition) is 3. The summed E-state index contributed by atoms with van der Waals surface area (Å²) in [5.41, 5.74) is 0. The van der Waals surface area contributed by atoms with Crippen molar-refractivity contribution in [1.29, 1.82) is 0 Å². The van der Waals surface area contributed by atoms with E-state index in [2.05, 4.69) is 22.9 Å². The Morgan fingerprint density at radius 3 is 1.96 bits per heavy atom. The van der Waals surface area contributed by atoms with Gasteiger partial charge in [-0.1, -0.05) is 91.9 Å². The smallest absolute Gasteiger partial charge is 0.246 e. The highest BCUT2D eigenvalue weighted by Gasteiger charge is 2.41. The van der Waals surface area contributed by atoms with Gasteiger partial charge >= 0.3 is 0 Å². The molecule has 0 spiro atoms. The van der Waals surface area contributed by atoms with Crippen LogP contribution in [0.25, 0.3) is 0 Å². The van der Waals surface area contributed by atoms with Crippen molar-refractivity contribution in [2.75, 3.05) is 6.54 Å². The topological polar surface area (TPSA) is 142 Å². The molecule has 2 rings (SSSR count). The predicted molar refractivity (Wildman–Crippen MR) is 180 cm³/mol. The van der Waals surface area contributed by atoms with Crippen molar-refractivity contribution in [3.05, 3.63) is 0 Å². The Morgan fingerprint density at radius 2 is 1.30 bits per heavy atom. The fourth-order valence-electron chi connectivity index (χ4n) is 6.41. The quantitative estimate of drug-likeness (QED) is 0.153. The Kier molecular flexibility index (Phi) is 18.8. The summed E-state index contributed by atoms with van der Waals surface area (Å²) in [5, 5.41) is 8.57. The van der Waals surface area contributed by atoms with E-state index >= 15 is 0 Å². The number of amides is 4. The van der Waals surface area contributed by atoms with E-state index in [0.717, 1.165) is 44.9 Å². The SMILES string of the molecule is CCCCCCCCCCC(=O)C[C@@H]1NC(=O)[C@H](CCCCCC(=O)CC)NC(=O)[C@H]2CCCCN2C(=O)[C@H](C(C)CC)NC1=O. The van der Waals surface area contributed by atoms with Gasteiger partial charge in [-0.15, -0.1) is 0 Å². The highest BCUT2D eigenvalue weighted by molar-refractivity contribution is 5.99. The Morgan fingerprint density at radius 1 is 0.717 bits per heavy atom. The van der Waals surface area contributed by atoms with Gasteiger partial charge < -0.3 is 20.9 Å². The lowest BCUT2D eigenvalue weighted by molar-refractivity contribution is -0.148. The van der Waals surface area contributed by atoms with Gasteiger partial charge in [0.05, 0.1) is 0 Å². The molecule has 1 unspecified atom stereocenters. The molecule has 0 aliphatic carbocycles. The minimum absolute atomic E-state index is 0.109. The molecular formula is C36H62N4O6. The molecule has 2 heterocycles. The Hall–Kier alpha value is -2.78. The lowest BCUT2D eigenvalue weighted by atomic mass is 9.93. The molecule has 2 aliphatic rings. The zero-order chi connectivity index (χ0) is 33.9. The van der Waals surface area contributed by atoms with Crippen LogP contribution >= 0.6 is 0 Å². The van der Waals surface area contributed by atoms with Gasteiger partial charge in [-0.2, -0.15) is 0 Å². The molecule has 0 aromatic rings. The first-order valence-electron chi connectivity index (χ1n) is 18.4. The summed E-state index contributed by atoms with van der Waals surface area (Å²) in [5.74, 6) is -1.84. The van der Waals surface area contributed by atoms with Gasteiger partial charge in [0.2, 0.25) is 23.6 Å². The number of ketones is 2. The second-order valence-corrected chi connectivity index (χ2v) is 13.5. The molecule has 10 heteroatoms. The third-order valence-electron chi connectivity index (χ3n) is 9.72. The minimum Gasteiger partial charge on any atom is -0.343 e. The van der Waals surface area contributed by atoms with E-state index in [1.54, 1.807) is 4.90 Å². The van der Waals surface area contributed by atoms with Crippen LogP contribution in [0, 0.1) is 5.92 Å². The number of nitrogens with zero attached hydrogens (tertiary/aromatic N) is 1. The van der Waals surface area contributed by atoms with E-state index < -0.39 is 36.0 Å². The summed E-state index contributed by atoms with van der Waals surface area (Å²) in [6, 6.07) is -3.65. The normalized spacial score (nSPS) is 23.3. The molecule has 2 fully saturated rings. The molecule has 4 amide bonds. The standard InChI is InChI=1S/C36H62N4O6/c1-5-8-9-10-11-12-13-15-21-28(42)25-30-34(44)39-32(26(4)6-2)36(46)40-24-19-18-23-31(40)35(45)37-29(33(43)38-30)22-17-14-16-20-27(41)7-3/h26,29-32H,5-25H2,1-4H3,(H,37,45)(H,38,43)(H,39,44)/t26?,29-,30-,31+,32-/m0/s1. The summed E-state index contributed by atoms with van der Waals surface area (Å²) in [6.45, 7) is 8.26. The highest BCUT2D eigenvalue weighted by atomic mass is 16.2. The van der Waals surface area contributed by atoms with E-state index in [-0.39, 0.29) is 35.7 Å². The first-order chi connectivity index (χ1) is 22.1. The van der Waals surface area contributed by atoms with Crippen molar-refractivity contribution in [1.82, 2.24) is 20.9 Å². The van der Waals surface area contributed by atoms with E-state index in [1.807, 2.05) is 20.8 Å². The number of piperidine rings is 1. The van der Waals surface area contributed by atoms with Crippen LogP contribution in [-0.2, 0) is 28.8 Å². The summed E-state index contributed by atoms with van der Waals surface area (Å²) in [4.78, 5) is 81.4. The number of fused-ring (bicyclic) bond motifs is 1. The van der Waals surface area contributed by atoms with Crippen LogP contribution < -0.4 is 16.0 Å². The molecule has 3 N–H and O–H groups in total. The van der Waals surface area contributed by atoms with E-state index in [0.29, 0.717) is 57.9 Å². The third kappa shape index (κ3) is 13.5. The van der Waals surface area contributed by atoms with Crippen molar-refractivity contribution in [2.24, 2.45) is 5.92 Å². The monoisotopic (exact) mass is 646 g/mol. The van der Waals surface area contributed by atoms with Crippen molar-refractivity contribution >= 4 is 35.2 Å².